The summed E-state index contributed by atoms with van der Waals surface area (Å²) in [7, 11) is 1.28. The molecule has 3 aromatic carbocycles. The molecule has 1 aromatic heterocycles. The zero-order chi connectivity index (χ0) is 31.4. The van der Waals surface area contributed by atoms with Crippen molar-refractivity contribution in [2.45, 2.75) is 37.0 Å². The number of aryl methyl sites for hydroxylation is 1. The van der Waals surface area contributed by atoms with Crippen LogP contribution in [0, 0.1) is 0 Å². The van der Waals surface area contributed by atoms with Crippen molar-refractivity contribution < 1.29 is 23.8 Å². The second-order valence-electron chi connectivity index (χ2n) is 10.9. The molecule has 3 unspecified atom stereocenters. The van der Waals surface area contributed by atoms with Crippen molar-refractivity contribution in [2.24, 2.45) is 0 Å². The number of amides is 2. The van der Waals surface area contributed by atoms with Crippen molar-refractivity contribution in [3.05, 3.63) is 120 Å². The summed E-state index contributed by atoms with van der Waals surface area (Å²) in [6.07, 6.45) is 2.08. The SMILES string of the molecule is COC(=O)NC(C(=O)Nc1cccnc1CCC1CNCC(COc2cccc(N)c2)O1)C(c1ccccc1)c1ccccc1. The monoisotopic (exact) mass is 609 g/mol. The van der Waals surface area contributed by atoms with Crippen molar-refractivity contribution in [3.8, 4) is 5.75 Å². The van der Waals surface area contributed by atoms with Gasteiger partial charge >= 0.3 is 6.09 Å². The van der Waals surface area contributed by atoms with E-state index in [-0.39, 0.29) is 18.1 Å². The summed E-state index contributed by atoms with van der Waals surface area (Å²) >= 11 is 0. The summed E-state index contributed by atoms with van der Waals surface area (Å²) in [5, 5.41) is 9.25. The molecule has 1 saturated heterocycles. The third-order valence-corrected chi connectivity index (χ3v) is 7.67. The Labute approximate surface area is 263 Å². The molecule has 5 rings (SSSR count). The molecule has 10 heteroatoms. The average molecular weight is 610 g/mol. The molecular formula is C35H39N5O5. The molecule has 234 valence electrons. The van der Waals surface area contributed by atoms with Gasteiger partial charge in [0.1, 0.15) is 24.5 Å². The van der Waals surface area contributed by atoms with E-state index < -0.39 is 18.1 Å². The van der Waals surface area contributed by atoms with Crippen molar-refractivity contribution >= 4 is 23.4 Å². The van der Waals surface area contributed by atoms with Gasteiger partial charge in [0, 0.05) is 37.0 Å². The standard InChI is InChI=1S/C35H39N5O5/c1-43-35(42)40-33(32(24-10-4-2-5-11-24)25-12-6-3-7-13-25)34(41)39-31-16-9-19-38-30(31)18-17-28-21-37-22-29(45-28)23-44-27-15-8-14-26(36)20-27/h2-16,19-20,28-29,32-33,37H,17-18,21-23,36H2,1H3,(H,39,41)(H,40,42). The summed E-state index contributed by atoms with van der Waals surface area (Å²) < 4.78 is 17.1. The zero-order valence-corrected chi connectivity index (χ0v) is 25.2. The number of nitrogens with two attached hydrogens (primary N) is 1. The molecule has 45 heavy (non-hydrogen) atoms. The maximum absolute atomic E-state index is 14.0. The van der Waals surface area contributed by atoms with Crippen LogP contribution in [0.25, 0.3) is 0 Å². The molecular weight excluding hydrogens is 570 g/mol. The van der Waals surface area contributed by atoms with Gasteiger partial charge in [0.05, 0.1) is 24.6 Å². The number of hydrogen-bond acceptors (Lipinski definition) is 8. The minimum absolute atomic E-state index is 0.0620. The lowest BCUT2D eigenvalue weighted by Crippen LogP contribution is -2.48. The number of alkyl carbamates (subject to hydrolysis) is 1. The fraction of sp³-hybridized carbons (Fsp3) is 0.286. The average Bonchev–Trinajstić information content (AvgIpc) is 3.08. The third kappa shape index (κ3) is 8.81. The van der Waals surface area contributed by atoms with Gasteiger partial charge in [0.2, 0.25) is 5.91 Å². The molecule has 5 N–H and O–H groups in total. The van der Waals surface area contributed by atoms with E-state index in [0.29, 0.717) is 49.7 Å². The molecule has 0 saturated carbocycles. The molecule has 0 aliphatic carbocycles. The van der Waals surface area contributed by atoms with Crippen LogP contribution in [-0.2, 0) is 20.7 Å². The number of methoxy groups -OCH3 is 1. The van der Waals surface area contributed by atoms with Gasteiger partial charge in [-0.25, -0.2) is 4.79 Å². The predicted molar refractivity (Wildman–Crippen MR) is 173 cm³/mol. The quantitative estimate of drug-likeness (QED) is 0.172. The lowest BCUT2D eigenvalue weighted by atomic mass is 9.84. The van der Waals surface area contributed by atoms with Gasteiger partial charge in [0.15, 0.2) is 0 Å². The minimum Gasteiger partial charge on any atom is -0.491 e. The number of hydrogen-bond donors (Lipinski definition) is 4. The van der Waals surface area contributed by atoms with Crippen LogP contribution in [0.3, 0.4) is 0 Å². The van der Waals surface area contributed by atoms with E-state index >= 15 is 0 Å². The minimum atomic E-state index is -0.970. The van der Waals surface area contributed by atoms with Gasteiger partial charge in [0.25, 0.3) is 0 Å². The van der Waals surface area contributed by atoms with Crippen molar-refractivity contribution in [1.29, 1.82) is 0 Å². The van der Waals surface area contributed by atoms with Gasteiger partial charge in [-0.1, -0.05) is 66.7 Å². The van der Waals surface area contributed by atoms with Crippen LogP contribution in [0.4, 0.5) is 16.2 Å². The van der Waals surface area contributed by atoms with Crippen LogP contribution in [0.5, 0.6) is 5.75 Å². The fourth-order valence-corrected chi connectivity index (χ4v) is 5.48. The topological polar surface area (TPSA) is 137 Å². The van der Waals surface area contributed by atoms with Crippen molar-refractivity contribution in [2.75, 3.05) is 37.9 Å². The summed E-state index contributed by atoms with van der Waals surface area (Å²) in [6.45, 7) is 1.78. The van der Waals surface area contributed by atoms with Crippen LogP contribution < -0.4 is 26.4 Å². The largest absolute Gasteiger partial charge is 0.491 e. The van der Waals surface area contributed by atoms with Gasteiger partial charge in [-0.3, -0.25) is 9.78 Å². The van der Waals surface area contributed by atoms with E-state index in [9.17, 15) is 9.59 Å². The first-order chi connectivity index (χ1) is 22.0. The second-order valence-corrected chi connectivity index (χ2v) is 10.9. The Balaban J connectivity index is 1.27. The number of morpholine rings is 1. The number of nitrogens with zero attached hydrogens (tertiary/aromatic N) is 1. The highest BCUT2D eigenvalue weighted by Gasteiger charge is 2.33. The number of anilines is 2. The summed E-state index contributed by atoms with van der Waals surface area (Å²) in [6, 6.07) is 29.2. The molecule has 4 aromatic rings. The maximum atomic E-state index is 14.0. The molecule has 2 amide bonds. The molecule has 2 heterocycles. The zero-order valence-electron chi connectivity index (χ0n) is 25.2. The van der Waals surface area contributed by atoms with Gasteiger partial charge in [-0.05, 0) is 48.2 Å². The molecule has 1 aliphatic rings. The van der Waals surface area contributed by atoms with E-state index in [0.717, 1.165) is 16.8 Å². The number of carbonyl (C=O) groups excluding carboxylic acids is 2. The number of carbonyl (C=O) groups is 2. The second kappa shape index (κ2) is 15.7. The Kier molecular flexibility index (Phi) is 11.0. The first-order valence-corrected chi connectivity index (χ1v) is 15.0. The van der Waals surface area contributed by atoms with Crippen LogP contribution in [0.1, 0.15) is 29.2 Å². The van der Waals surface area contributed by atoms with E-state index in [4.69, 9.17) is 19.9 Å². The lowest BCUT2D eigenvalue weighted by Gasteiger charge is -2.31. The first-order valence-electron chi connectivity index (χ1n) is 15.0. The van der Waals surface area contributed by atoms with Crippen LogP contribution >= 0.6 is 0 Å². The van der Waals surface area contributed by atoms with E-state index in [2.05, 4.69) is 20.9 Å². The molecule has 0 radical (unpaired) electrons. The van der Waals surface area contributed by atoms with Crippen LogP contribution in [-0.4, -0.2) is 62.0 Å². The summed E-state index contributed by atoms with van der Waals surface area (Å²) in [5.74, 6) is -0.155. The van der Waals surface area contributed by atoms with Gasteiger partial charge < -0.3 is 35.9 Å². The molecule has 1 fully saturated rings. The van der Waals surface area contributed by atoms with Crippen molar-refractivity contribution in [1.82, 2.24) is 15.6 Å². The Bertz CT molecular complexity index is 1500. The van der Waals surface area contributed by atoms with Gasteiger partial charge in [-0.15, -0.1) is 0 Å². The molecule has 1 aliphatic heterocycles. The molecule has 10 nitrogen and oxygen atoms in total. The van der Waals surface area contributed by atoms with Crippen LogP contribution in [0.15, 0.2) is 103 Å². The number of pyridine rings is 1. The highest BCUT2D eigenvalue weighted by atomic mass is 16.5. The van der Waals surface area contributed by atoms with E-state index in [1.165, 1.54) is 7.11 Å². The highest BCUT2D eigenvalue weighted by Crippen LogP contribution is 2.30. The maximum Gasteiger partial charge on any atom is 0.407 e. The Morgan fingerprint density at radius 3 is 2.36 bits per heavy atom. The summed E-state index contributed by atoms with van der Waals surface area (Å²) in [4.78, 5) is 31.1. The molecule has 3 atom stereocenters. The number of ether oxygens (including phenoxy) is 3. The van der Waals surface area contributed by atoms with E-state index in [1.54, 1.807) is 18.3 Å². The Morgan fingerprint density at radius 2 is 1.67 bits per heavy atom. The Hall–Kier alpha value is -4.93. The predicted octanol–water partition coefficient (Wildman–Crippen LogP) is 4.53. The highest BCUT2D eigenvalue weighted by molar-refractivity contribution is 5.98. The number of nitrogen functional groups attached to an aromatic ring is 1. The van der Waals surface area contributed by atoms with Gasteiger partial charge in [-0.2, -0.15) is 0 Å². The van der Waals surface area contributed by atoms with E-state index in [1.807, 2.05) is 84.9 Å². The number of aromatic nitrogens is 1. The Morgan fingerprint density at radius 1 is 0.956 bits per heavy atom. The van der Waals surface area contributed by atoms with Crippen LogP contribution in [0.2, 0.25) is 0 Å². The fourth-order valence-electron chi connectivity index (χ4n) is 5.48. The first kappa shape index (κ1) is 31.5. The smallest absolute Gasteiger partial charge is 0.407 e. The lowest BCUT2D eigenvalue weighted by molar-refractivity contribution is -0.118. The number of benzene rings is 3. The van der Waals surface area contributed by atoms with Crippen molar-refractivity contribution in [3.63, 3.8) is 0 Å². The third-order valence-electron chi connectivity index (χ3n) is 7.67. The molecule has 0 bridgehead atoms. The summed E-state index contributed by atoms with van der Waals surface area (Å²) in [5.41, 5.74) is 9.56. The normalized spacial score (nSPS) is 16.8. The number of nitrogens with one attached hydrogen (secondary N) is 3. The molecule has 0 spiro atoms. The number of rotatable bonds is 12.